The molecule has 3 aromatic rings. The largest absolute Gasteiger partial charge is 0.496 e. The molecule has 0 amide bonds. The summed E-state index contributed by atoms with van der Waals surface area (Å²) in [4.78, 5) is 9.88. The van der Waals surface area contributed by atoms with Crippen molar-refractivity contribution in [2.45, 2.75) is 66.0 Å². The lowest BCUT2D eigenvalue weighted by atomic mass is 10.1. The van der Waals surface area contributed by atoms with Crippen LogP contribution in [0.3, 0.4) is 0 Å². The van der Waals surface area contributed by atoms with Gasteiger partial charge in [0.05, 0.1) is 36.3 Å². The van der Waals surface area contributed by atoms with Crippen LogP contribution in [0, 0.1) is 13.8 Å². The number of aryl methyl sites for hydroxylation is 2. The predicted molar refractivity (Wildman–Crippen MR) is 136 cm³/mol. The van der Waals surface area contributed by atoms with Crippen molar-refractivity contribution in [1.29, 1.82) is 0 Å². The number of rotatable bonds is 10. The van der Waals surface area contributed by atoms with Crippen LogP contribution < -0.4 is 9.75 Å². The number of hydrogen-bond acceptors (Lipinski definition) is 6. The first kappa shape index (κ1) is 24.5. The standard InChI is InChI=1S/C26H35N5O2/c1-8-11-14-27-31(10-3)20-12-13-21(23(15-20)33-7)25-18(5)28-26-24(29-25)17(4)16-30(26)19(6)22(32)9-2/h10,12-16,19,22,32H,3,8-9,11H2,1-2,4-7H3/b27-14-. The van der Waals surface area contributed by atoms with Gasteiger partial charge in [0.25, 0.3) is 0 Å². The molecular formula is C26H35N5O2. The number of hydrazone groups is 1. The van der Waals surface area contributed by atoms with Crippen LogP contribution in [0.25, 0.3) is 22.4 Å². The van der Waals surface area contributed by atoms with E-state index in [4.69, 9.17) is 14.7 Å². The first-order chi connectivity index (χ1) is 15.9. The zero-order valence-electron chi connectivity index (χ0n) is 20.5. The minimum atomic E-state index is -0.442. The summed E-state index contributed by atoms with van der Waals surface area (Å²) < 4.78 is 7.76. The van der Waals surface area contributed by atoms with E-state index >= 15 is 0 Å². The minimum absolute atomic E-state index is 0.0854. The van der Waals surface area contributed by atoms with Crippen LogP contribution >= 0.6 is 0 Å². The molecule has 0 saturated heterocycles. The number of unbranched alkanes of at least 4 members (excludes halogenated alkanes) is 1. The van der Waals surface area contributed by atoms with Crippen molar-refractivity contribution in [2.75, 3.05) is 12.1 Å². The molecule has 2 aromatic heterocycles. The molecule has 0 saturated carbocycles. The SMILES string of the molecule is C=CN(/N=C\CCC)c1ccc(-c2nc3c(C)cn(C(C)C(O)CC)c3nc2C)c(OC)c1. The van der Waals surface area contributed by atoms with Gasteiger partial charge in [0, 0.05) is 30.2 Å². The first-order valence-electron chi connectivity index (χ1n) is 11.5. The molecule has 0 aliphatic carbocycles. The van der Waals surface area contributed by atoms with Crippen molar-refractivity contribution in [1.82, 2.24) is 14.5 Å². The van der Waals surface area contributed by atoms with Crippen LogP contribution in [-0.4, -0.2) is 39.1 Å². The van der Waals surface area contributed by atoms with Gasteiger partial charge in [-0.3, -0.25) is 0 Å². The fourth-order valence-electron chi connectivity index (χ4n) is 3.89. The molecule has 0 radical (unpaired) electrons. The molecule has 7 nitrogen and oxygen atoms in total. The number of nitrogens with zero attached hydrogens (tertiary/aromatic N) is 5. The molecule has 3 rings (SSSR count). The monoisotopic (exact) mass is 449 g/mol. The number of aliphatic hydroxyl groups is 1. The molecule has 7 heteroatoms. The average molecular weight is 450 g/mol. The number of methoxy groups -OCH3 is 1. The number of hydrogen-bond donors (Lipinski definition) is 1. The third kappa shape index (κ3) is 4.93. The lowest BCUT2D eigenvalue weighted by Crippen LogP contribution is -2.20. The predicted octanol–water partition coefficient (Wildman–Crippen LogP) is 5.79. The molecule has 2 heterocycles. The molecule has 1 aromatic carbocycles. The molecule has 2 unspecified atom stereocenters. The van der Waals surface area contributed by atoms with Crippen LogP contribution in [0.2, 0.25) is 0 Å². The van der Waals surface area contributed by atoms with Crippen LogP contribution in [-0.2, 0) is 0 Å². The fourth-order valence-corrected chi connectivity index (χ4v) is 3.89. The summed E-state index contributed by atoms with van der Waals surface area (Å²) in [5, 5.41) is 16.6. The summed E-state index contributed by atoms with van der Waals surface area (Å²) in [6.07, 6.45) is 7.76. The zero-order chi connectivity index (χ0) is 24.1. The Balaban J connectivity index is 2.08. The lowest BCUT2D eigenvalue weighted by Gasteiger charge is -2.20. The molecule has 0 aliphatic rings. The van der Waals surface area contributed by atoms with Crippen molar-refractivity contribution < 1.29 is 9.84 Å². The van der Waals surface area contributed by atoms with E-state index in [2.05, 4.69) is 18.6 Å². The molecule has 176 valence electrons. The Morgan fingerprint density at radius 1 is 1.27 bits per heavy atom. The number of benzene rings is 1. The normalized spacial score (nSPS) is 13.4. The van der Waals surface area contributed by atoms with Crippen molar-refractivity contribution in [3.05, 3.63) is 48.4 Å². The van der Waals surface area contributed by atoms with E-state index in [1.165, 1.54) is 0 Å². The van der Waals surface area contributed by atoms with Gasteiger partial charge in [-0.25, -0.2) is 15.0 Å². The molecule has 1 N–H and O–H groups in total. The van der Waals surface area contributed by atoms with Gasteiger partial charge in [-0.15, -0.1) is 0 Å². The Kier molecular flexibility index (Phi) is 7.87. The van der Waals surface area contributed by atoms with Gasteiger partial charge < -0.3 is 14.4 Å². The van der Waals surface area contributed by atoms with E-state index in [0.717, 1.165) is 52.2 Å². The van der Waals surface area contributed by atoms with Gasteiger partial charge in [-0.1, -0.05) is 26.8 Å². The Bertz CT molecular complexity index is 1150. The second kappa shape index (κ2) is 10.6. The third-order valence-corrected chi connectivity index (χ3v) is 5.92. The number of aromatic nitrogens is 3. The smallest absolute Gasteiger partial charge is 0.159 e. The number of ether oxygens (including phenoxy) is 1. The first-order valence-corrected chi connectivity index (χ1v) is 11.5. The highest BCUT2D eigenvalue weighted by Crippen LogP contribution is 2.36. The van der Waals surface area contributed by atoms with Crippen molar-refractivity contribution in [3.8, 4) is 17.0 Å². The number of anilines is 1. The minimum Gasteiger partial charge on any atom is -0.496 e. The summed E-state index contributed by atoms with van der Waals surface area (Å²) >= 11 is 0. The third-order valence-electron chi connectivity index (χ3n) is 5.92. The van der Waals surface area contributed by atoms with Crippen molar-refractivity contribution in [2.24, 2.45) is 5.10 Å². The van der Waals surface area contributed by atoms with Gasteiger partial charge in [0.2, 0.25) is 0 Å². The van der Waals surface area contributed by atoms with Crippen LogP contribution in [0.15, 0.2) is 42.3 Å². The van der Waals surface area contributed by atoms with Gasteiger partial charge in [-0.2, -0.15) is 5.10 Å². The van der Waals surface area contributed by atoms with E-state index in [1.54, 1.807) is 18.3 Å². The Morgan fingerprint density at radius 2 is 2.03 bits per heavy atom. The maximum absolute atomic E-state index is 10.4. The Labute approximate surface area is 196 Å². The highest BCUT2D eigenvalue weighted by Gasteiger charge is 2.21. The van der Waals surface area contributed by atoms with E-state index in [1.807, 2.05) is 62.9 Å². The van der Waals surface area contributed by atoms with Gasteiger partial charge >= 0.3 is 0 Å². The number of fused-ring (bicyclic) bond motifs is 1. The molecule has 0 fully saturated rings. The maximum atomic E-state index is 10.4. The summed E-state index contributed by atoms with van der Waals surface area (Å²) in [6, 6.07) is 5.81. The van der Waals surface area contributed by atoms with Crippen LogP contribution in [0.5, 0.6) is 5.75 Å². The van der Waals surface area contributed by atoms with Crippen LogP contribution in [0.4, 0.5) is 5.69 Å². The summed E-state index contributed by atoms with van der Waals surface area (Å²) in [6.45, 7) is 14.0. The lowest BCUT2D eigenvalue weighted by molar-refractivity contribution is 0.118. The van der Waals surface area contributed by atoms with Crippen LogP contribution in [0.1, 0.15) is 57.3 Å². The second-order valence-corrected chi connectivity index (χ2v) is 8.26. The van der Waals surface area contributed by atoms with Gasteiger partial charge in [0.15, 0.2) is 5.65 Å². The van der Waals surface area contributed by atoms with E-state index in [0.29, 0.717) is 12.2 Å². The molecular weight excluding hydrogens is 414 g/mol. The van der Waals surface area contributed by atoms with E-state index < -0.39 is 6.10 Å². The molecule has 2 atom stereocenters. The molecule has 0 spiro atoms. The summed E-state index contributed by atoms with van der Waals surface area (Å²) in [5.41, 5.74) is 5.93. The van der Waals surface area contributed by atoms with Crippen molar-refractivity contribution in [3.63, 3.8) is 0 Å². The van der Waals surface area contributed by atoms with E-state index in [9.17, 15) is 5.11 Å². The molecule has 33 heavy (non-hydrogen) atoms. The second-order valence-electron chi connectivity index (χ2n) is 8.26. The molecule has 0 bridgehead atoms. The summed E-state index contributed by atoms with van der Waals surface area (Å²) in [7, 11) is 1.65. The summed E-state index contributed by atoms with van der Waals surface area (Å²) in [5.74, 6) is 0.689. The van der Waals surface area contributed by atoms with Crippen molar-refractivity contribution >= 4 is 23.1 Å². The fraction of sp³-hybridized carbons (Fsp3) is 0.423. The van der Waals surface area contributed by atoms with Gasteiger partial charge in [0.1, 0.15) is 11.3 Å². The zero-order valence-corrected chi connectivity index (χ0v) is 20.5. The Hall–Kier alpha value is -3.19. The average Bonchev–Trinajstić information content (AvgIpc) is 3.15. The maximum Gasteiger partial charge on any atom is 0.159 e. The highest BCUT2D eigenvalue weighted by molar-refractivity contribution is 5.82. The number of aliphatic hydroxyl groups excluding tert-OH is 1. The van der Waals surface area contributed by atoms with Gasteiger partial charge in [-0.05, 0) is 51.3 Å². The molecule has 0 aliphatic heterocycles. The Morgan fingerprint density at radius 3 is 2.67 bits per heavy atom. The topological polar surface area (TPSA) is 75.8 Å². The van der Waals surface area contributed by atoms with E-state index in [-0.39, 0.29) is 6.04 Å². The highest BCUT2D eigenvalue weighted by atomic mass is 16.5. The quantitative estimate of drug-likeness (QED) is 0.313.